The number of allylic oxidation sites excluding steroid dienone is 2. The molecule has 1 unspecified atom stereocenters. The summed E-state index contributed by atoms with van der Waals surface area (Å²) in [5, 5.41) is 0.118. The Kier molecular flexibility index (Phi) is 57.7. The summed E-state index contributed by atoms with van der Waals surface area (Å²) in [4.78, 5) is 0. The molecule has 0 saturated heterocycles. The molecule has 0 aromatic heterocycles. The van der Waals surface area contributed by atoms with Crippen LogP contribution in [0.25, 0.3) is 33.0 Å². The molecule has 1 atom stereocenters. The average Bonchev–Trinajstić information content (AvgIpc) is 0.782. The number of hydrogen-bond donors (Lipinski definition) is 0. The van der Waals surface area contributed by atoms with E-state index in [1.165, 1.54) is 118 Å². The van der Waals surface area contributed by atoms with Crippen molar-refractivity contribution < 1.29 is 193 Å². The molecule has 1 fully saturated rings. The molecule has 11 aromatic carbocycles. The van der Waals surface area contributed by atoms with Gasteiger partial charge in [-0.2, -0.15) is 0 Å². The first-order valence-electron chi connectivity index (χ1n) is 32.7. The van der Waals surface area contributed by atoms with E-state index in [2.05, 4.69) is 169 Å². The van der Waals surface area contributed by atoms with Crippen LogP contribution in [0.4, 0.5) is 26.3 Å². The first-order valence-corrected chi connectivity index (χ1v) is 32.7. The quantitative estimate of drug-likeness (QED) is 0.0919. The molecule has 13 rings (SSSR count). The molecular weight excluding hydrogens is 1790 g/mol. The summed E-state index contributed by atoms with van der Waals surface area (Å²) in [6.45, 7) is 23.2. The smallest absolute Gasteiger partial charge is 1.00 e. The van der Waals surface area contributed by atoms with E-state index in [-0.39, 0.29) is 221 Å². The van der Waals surface area contributed by atoms with Crippen LogP contribution in [0.3, 0.4) is 0 Å². The summed E-state index contributed by atoms with van der Waals surface area (Å²) in [6, 6.07) is 87.0. The Morgan fingerprint density at radius 2 is 0.566 bits per heavy atom. The molecule has 0 N–H and O–H groups in total. The van der Waals surface area contributed by atoms with Gasteiger partial charge in [-0.25, -0.2) is 26.3 Å². The maximum Gasteiger partial charge on any atom is 2.00 e. The molecule has 0 nitrogen and oxygen atoms in total. The number of hydrogen-bond acceptors (Lipinski definition) is 0. The Bertz CT molecular complexity index is 3580. The molecular formula is C88H100CaF6Nd4. The fraction of sp³-hybridized carbons (Fsp3) is 0.250. The van der Waals surface area contributed by atoms with Gasteiger partial charge in [-0.15, -0.1) is 0 Å². The van der Waals surface area contributed by atoms with Crippen molar-refractivity contribution in [3.8, 4) is 22.3 Å². The third-order valence-electron chi connectivity index (χ3n) is 15.8. The largest absolute Gasteiger partial charge is 2.00 e. The number of aryl methyl sites for hydroxylation is 8. The van der Waals surface area contributed by atoms with Gasteiger partial charge in [0.15, 0.2) is 23.3 Å². The molecule has 512 valence electrons. The van der Waals surface area contributed by atoms with Crippen molar-refractivity contribution in [3.63, 3.8) is 0 Å². The number of halogens is 6. The molecule has 11 aromatic rings. The van der Waals surface area contributed by atoms with Crippen LogP contribution in [-0.4, -0.2) is 37.7 Å². The van der Waals surface area contributed by atoms with Crippen LogP contribution in [0.2, 0.25) is 0 Å². The molecule has 0 amide bonds. The molecule has 99 heavy (non-hydrogen) atoms. The molecule has 2 aliphatic carbocycles. The SMILES string of the molecule is CC1=CCC(C)CC1.CC1CCC(C)CC1.Cc1cc2ccc(C)c(F)c2c(F)c1F.Cc1ccc(C)c(F)c1.Cc1ccc(C)c(F)c1F.Cc1ccc(C)cc1.[Ca+2].[H-].[H-].[Nd].[Nd].[Nd].[Nd].c1ccc(-c2ccccc2)cc1.c1ccc(-c2ccccc2)cc1.c1ccccc1.c1ccccc1. The summed E-state index contributed by atoms with van der Waals surface area (Å²) in [5.41, 5.74) is 12.2. The van der Waals surface area contributed by atoms with Crippen LogP contribution in [0.1, 0.15) is 120 Å². The van der Waals surface area contributed by atoms with E-state index in [1.807, 2.05) is 110 Å². The van der Waals surface area contributed by atoms with Crippen molar-refractivity contribution in [1.82, 2.24) is 0 Å². The predicted octanol–water partition coefficient (Wildman–Crippen LogP) is 26.7. The van der Waals surface area contributed by atoms with Crippen LogP contribution in [0.5, 0.6) is 0 Å². The third-order valence-corrected chi connectivity index (χ3v) is 15.8. The number of benzene rings is 11. The second-order valence-corrected chi connectivity index (χ2v) is 24.4. The van der Waals surface area contributed by atoms with E-state index < -0.39 is 29.1 Å². The Morgan fingerprint density at radius 1 is 0.283 bits per heavy atom. The summed E-state index contributed by atoms with van der Waals surface area (Å²) >= 11 is 0. The van der Waals surface area contributed by atoms with Gasteiger partial charge in [0.2, 0.25) is 0 Å². The first kappa shape index (κ1) is 98.7. The third kappa shape index (κ3) is 41.2. The monoisotopic (exact) mass is 1880 g/mol. The number of rotatable bonds is 2. The Hall–Kier alpha value is -2.34. The van der Waals surface area contributed by atoms with Crippen molar-refractivity contribution >= 4 is 48.5 Å². The van der Waals surface area contributed by atoms with Gasteiger partial charge in [-0.05, 0) is 172 Å². The normalized spacial score (nSPS) is 13.2. The molecule has 0 spiro atoms. The Morgan fingerprint density at radius 3 is 0.859 bits per heavy atom. The van der Waals surface area contributed by atoms with E-state index >= 15 is 0 Å². The second kappa shape index (κ2) is 57.9. The molecule has 2 aliphatic rings. The van der Waals surface area contributed by atoms with Gasteiger partial charge in [-0.3, -0.25) is 0 Å². The van der Waals surface area contributed by atoms with Gasteiger partial charge in [-0.1, -0.05) is 324 Å². The van der Waals surface area contributed by atoms with E-state index in [1.54, 1.807) is 42.8 Å². The van der Waals surface area contributed by atoms with Crippen molar-refractivity contribution in [2.75, 3.05) is 0 Å². The van der Waals surface area contributed by atoms with E-state index in [4.69, 9.17) is 0 Å². The number of fused-ring (bicyclic) bond motifs is 1. The zero-order chi connectivity index (χ0) is 68.6. The topological polar surface area (TPSA) is 0 Å². The zero-order valence-electron chi connectivity index (χ0n) is 62.1. The molecule has 11 heteroatoms. The predicted molar refractivity (Wildman–Crippen MR) is 399 cm³/mol. The minimum Gasteiger partial charge on any atom is -1.00 e. The van der Waals surface area contributed by atoms with Gasteiger partial charge < -0.3 is 2.85 Å². The molecule has 0 heterocycles. The van der Waals surface area contributed by atoms with E-state index in [0.717, 1.165) is 23.3 Å². The average molecular weight is 1890 g/mol. The summed E-state index contributed by atoms with van der Waals surface area (Å²) < 4.78 is 78.1. The van der Waals surface area contributed by atoms with E-state index in [0.29, 0.717) is 27.6 Å². The first-order chi connectivity index (χ1) is 45.1. The van der Waals surface area contributed by atoms with Crippen molar-refractivity contribution in [1.29, 1.82) is 0 Å². The minimum atomic E-state index is -1.11. The summed E-state index contributed by atoms with van der Waals surface area (Å²) in [7, 11) is 0. The van der Waals surface area contributed by atoms with Gasteiger partial charge >= 0.3 is 37.7 Å². The summed E-state index contributed by atoms with van der Waals surface area (Å²) in [6.07, 6.45) is 12.3. The van der Waals surface area contributed by atoms with Gasteiger partial charge in [0.25, 0.3) is 0 Å². The van der Waals surface area contributed by atoms with Gasteiger partial charge in [0.05, 0.1) is 5.39 Å². The Labute approximate surface area is 755 Å². The molecule has 0 aliphatic heterocycles. The van der Waals surface area contributed by atoms with Crippen LogP contribution in [-0.2, 0) is 0 Å². The summed E-state index contributed by atoms with van der Waals surface area (Å²) in [5.74, 6) is -1.38. The van der Waals surface area contributed by atoms with Crippen LogP contribution < -0.4 is 0 Å². The minimum absolute atomic E-state index is 0. The fourth-order valence-electron chi connectivity index (χ4n) is 9.51. The van der Waals surface area contributed by atoms with Crippen molar-refractivity contribution in [2.24, 2.45) is 17.8 Å². The maximum atomic E-state index is 13.6. The van der Waals surface area contributed by atoms with Gasteiger partial charge in [0, 0.05) is 163 Å². The molecule has 1 saturated carbocycles. The maximum absolute atomic E-state index is 13.6. The van der Waals surface area contributed by atoms with Gasteiger partial charge in [0.1, 0.15) is 11.6 Å². The zero-order valence-corrected chi connectivity index (χ0v) is 75.2. The van der Waals surface area contributed by atoms with Crippen LogP contribution in [0, 0.1) is 271 Å². The molecule has 0 bridgehead atoms. The Balaban J connectivity index is -0.000000519. The second-order valence-electron chi connectivity index (χ2n) is 24.4. The van der Waals surface area contributed by atoms with Crippen molar-refractivity contribution in [2.45, 2.75) is 128 Å². The fourth-order valence-corrected chi connectivity index (χ4v) is 9.51. The standard InChI is InChI=1S/C12H9F3.2C12H10.C8H8F2.C8H9F.C8H16.C8H14.C8H10.2C6H6.Ca.4Nd.2H/c1-6-3-4-8-5-7(2)11(14)12(15)9(8)10(6)13;2*1-3-7-11(8-4-1)12-9-5-2-6-10-12;1-5-3-4-6(2)8(10)7(5)9;1-6-3-4-7(2)8(9)5-6;3*1-7-3-5-8(2)6-4-7;2*1-2-4-6-5-3-1;;;;;;;/h3-5H,1-2H3;2*1-10H;3-4H,1-2H3;3-5H,1-2H3;7-8H,3-6H2,1-2H3;3,8H,4-6H2,1-2H3;3-6H,1-2H3;2*1-6H;;;;;;;/q;;;;;;;;;;+2;;;;;2*-1. The molecule has 0 radical (unpaired) electrons. The van der Waals surface area contributed by atoms with E-state index in [9.17, 15) is 26.3 Å². The van der Waals surface area contributed by atoms with Crippen LogP contribution >= 0.6 is 0 Å². The van der Waals surface area contributed by atoms with Crippen molar-refractivity contribution in [3.05, 3.63) is 358 Å². The van der Waals surface area contributed by atoms with Crippen LogP contribution in [0.15, 0.2) is 279 Å².